The molecule has 43 heavy (non-hydrogen) atoms. The van der Waals surface area contributed by atoms with Crippen LogP contribution in [0, 0.1) is 23.3 Å². The number of amides is 2. The van der Waals surface area contributed by atoms with E-state index >= 15 is 0 Å². The summed E-state index contributed by atoms with van der Waals surface area (Å²) in [4.78, 5) is 28.1. The average molecular weight is 618 g/mol. The molecule has 1 fully saturated rings. The number of alkyl carbamates (subject to hydrolysis) is 1. The fourth-order valence-electron chi connectivity index (χ4n) is 4.93. The third-order valence-electron chi connectivity index (χ3n) is 6.80. The minimum Gasteiger partial charge on any atom is -0.444 e. The van der Waals surface area contributed by atoms with Crippen LogP contribution in [0.5, 0.6) is 0 Å². The molecule has 2 amide bonds. The van der Waals surface area contributed by atoms with Crippen LogP contribution in [-0.2, 0) is 16.0 Å². The van der Waals surface area contributed by atoms with Crippen LogP contribution in [0.1, 0.15) is 38.3 Å². The van der Waals surface area contributed by atoms with Gasteiger partial charge in [0.2, 0.25) is 5.91 Å². The lowest BCUT2D eigenvalue weighted by Crippen LogP contribution is -2.55. The first-order valence-electron chi connectivity index (χ1n) is 13.2. The van der Waals surface area contributed by atoms with Crippen molar-refractivity contribution in [3.05, 3.63) is 70.4 Å². The zero-order valence-electron chi connectivity index (χ0n) is 23.4. The van der Waals surface area contributed by atoms with Crippen LogP contribution in [0.3, 0.4) is 0 Å². The number of hydrogen-bond donors (Lipinski definition) is 3. The zero-order chi connectivity index (χ0) is 31.9. The SMILES string of the molecule is CC(C)(C)OC(=O)N[C@@H](CC(=O)N1CCN2C(=C(c3cc(N)ccc3F)NC2C(F)(F)F)C1)Cc1cc(F)c(F)cc1F. The van der Waals surface area contributed by atoms with Crippen molar-refractivity contribution in [1.82, 2.24) is 20.4 Å². The Morgan fingerprint density at radius 3 is 2.35 bits per heavy atom. The number of nitrogen functional groups attached to an aromatic ring is 1. The Morgan fingerprint density at radius 2 is 1.70 bits per heavy atom. The van der Waals surface area contributed by atoms with Crippen LogP contribution in [0.4, 0.5) is 41.2 Å². The van der Waals surface area contributed by atoms with Gasteiger partial charge in [-0.3, -0.25) is 4.79 Å². The van der Waals surface area contributed by atoms with E-state index in [0.29, 0.717) is 12.1 Å². The number of nitrogens with zero attached hydrogens (tertiary/aromatic N) is 2. The molecule has 0 aromatic heterocycles. The van der Waals surface area contributed by atoms with E-state index in [2.05, 4.69) is 10.6 Å². The maximum atomic E-state index is 14.7. The van der Waals surface area contributed by atoms with Gasteiger partial charge < -0.3 is 30.9 Å². The fraction of sp³-hybridized carbons (Fsp3) is 0.429. The van der Waals surface area contributed by atoms with Gasteiger partial charge in [-0.1, -0.05) is 0 Å². The van der Waals surface area contributed by atoms with E-state index in [4.69, 9.17) is 10.5 Å². The molecule has 0 radical (unpaired) electrons. The first-order valence-corrected chi connectivity index (χ1v) is 13.2. The van der Waals surface area contributed by atoms with Crippen LogP contribution in [-0.4, -0.2) is 65.4 Å². The van der Waals surface area contributed by atoms with Gasteiger partial charge >= 0.3 is 12.3 Å². The number of hydrogen-bond acceptors (Lipinski definition) is 6. The Hall–Kier alpha value is -4.17. The number of nitrogens with two attached hydrogens (primary N) is 1. The maximum Gasteiger partial charge on any atom is 0.427 e. The fourth-order valence-corrected chi connectivity index (χ4v) is 4.93. The first kappa shape index (κ1) is 31.8. The molecular formula is C28H30F7N5O3. The summed E-state index contributed by atoms with van der Waals surface area (Å²) in [6.07, 6.45) is -8.81. The molecule has 2 atom stereocenters. The Labute approximate surface area is 242 Å². The molecule has 2 aliphatic heterocycles. The summed E-state index contributed by atoms with van der Waals surface area (Å²) in [6.45, 7) is 3.95. The average Bonchev–Trinajstić information content (AvgIpc) is 3.27. The third-order valence-corrected chi connectivity index (χ3v) is 6.80. The molecule has 2 heterocycles. The van der Waals surface area contributed by atoms with E-state index in [1.54, 1.807) is 20.8 Å². The van der Waals surface area contributed by atoms with Gasteiger partial charge in [0.05, 0.1) is 17.9 Å². The van der Waals surface area contributed by atoms with Crippen molar-refractivity contribution in [1.29, 1.82) is 0 Å². The number of halogens is 7. The Morgan fingerprint density at radius 1 is 1.02 bits per heavy atom. The molecular weight excluding hydrogens is 587 g/mol. The van der Waals surface area contributed by atoms with Crippen molar-refractivity contribution in [2.45, 2.75) is 57.6 Å². The summed E-state index contributed by atoms with van der Waals surface area (Å²) >= 11 is 0. The molecule has 4 rings (SSSR count). The summed E-state index contributed by atoms with van der Waals surface area (Å²) < 4.78 is 103. The van der Waals surface area contributed by atoms with Gasteiger partial charge in [-0.25, -0.2) is 22.4 Å². The van der Waals surface area contributed by atoms with E-state index in [1.807, 2.05) is 0 Å². The lowest BCUT2D eigenvalue weighted by Gasteiger charge is -2.39. The highest BCUT2D eigenvalue weighted by atomic mass is 19.4. The molecule has 2 aromatic carbocycles. The second kappa shape index (κ2) is 11.8. The molecule has 4 N–H and O–H groups in total. The van der Waals surface area contributed by atoms with Gasteiger partial charge in [-0.15, -0.1) is 0 Å². The number of carbonyl (C=O) groups excluding carboxylic acids is 2. The summed E-state index contributed by atoms with van der Waals surface area (Å²) in [5, 5.41) is 4.76. The summed E-state index contributed by atoms with van der Waals surface area (Å²) in [6, 6.07) is 3.22. The van der Waals surface area contributed by atoms with Crippen molar-refractivity contribution in [2.75, 3.05) is 25.4 Å². The molecule has 8 nitrogen and oxygen atoms in total. The van der Waals surface area contributed by atoms with Crippen molar-refractivity contribution >= 4 is 23.4 Å². The number of nitrogens with one attached hydrogen (secondary N) is 2. The number of anilines is 1. The Bertz CT molecular complexity index is 1440. The summed E-state index contributed by atoms with van der Waals surface area (Å²) in [5.41, 5.74) is 4.20. The summed E-state index contributed by atoms with van der Waals surface area (Å²) in [7, 11) is 0. The van der Waals surface area contributed by atoms with E-state index in [1.165, 1.54) is 17.0 Å². The standard InChI is InChI=1S/C28H30F7N5O3/c1-27(2,3)43-26(42)37-16(8-14-9-20(31)21(32)12-19(14)30)11-23(41)39-6-7-40-22(13-39)24(38-25(40)28(33,34)35)17-10-15(36)4-5-18(17)29/h4-5,9-10,12,16,25,38H,6-8,11,13,36H2,1-3H3,(H,37,42)/t16-,25?/m1/s1. The monoisotopic (exact) mass is 617 g/mol. The molecule has 234 valence electrons. The molecule has 1 unspecified atom stereocenters. The minimum absolute atomic E-state index is 0.00488. The maximum absolute atomic E-state index is 14.7. The van der Waals surface area contributed by atoms with E-state index in [-0.39, 0.29) is 47.8 Å². The number of ether oxygens (including phenoxy) is 1. The molecule has 15 heteroatoms. The first-order chi connectivity index (χ1) is 19.9. The quantitative estimate of drug-likeness (QED) is 0.248. The highest BCUT2D eigenvalue weighted by Crippen LogP contribution is 2.38. The van der Waals surface area contributed by atoms with Gasteiger partial charge in [0.25, 0.3) is 0 Å². The number of carbonyl (C=O) groups is 2. The molecule has 0 saturated carbocycles. The predicted octanol–water partition coefficient (Wildman–Crippen LogP) is 4.66. The lowest BCUT2D eigenvalue weighted by molar-refractivity contribution is -0.182. The number of alkyl halides is 3. The van der Waals surface area contributed by atoms with Crippen LogP contribution < -0.4 is 16.4 Å². The topological polar surface area (TPSA) is 99.9 Å². The van der Waals surface area contributed by atoms with Crippen molar-refractivity contribution in [3.63, 3.8) is 0 Å². The Kier molecular flexibility index (Phi) is 8.75. The second-order valence-electron chi connectivity index (χ2n) is 11.3. The normalized spacial score (nSPS) is 17.9. The van der Waals surface area contributed by atoms with E-state index in [0.717, 1.165) is 11.0 Å². The minimum atomic E-state index is -4.74. The number of piperazine rings is 1. The van der Waals surface area contributed by atoms with Crippen molar-refractivity contribution < 1.29 is 45.1 Å². The largest absolute Gasteiger partial charge is 0.444 e. The number of benzene rings is 2. The molecule has 2 aromatic rings. The van der Waals surface area contributed by atoms with Crippen molar-refractivity contribution in [3.8, 4) is 0 Å². The van der Waals surface area contributed by atoms with Crippen LogP contribution >= 0.6 is 0 Å². The number of rotatable bonds is 6. The van der Waals surface area contributed by atoms with Crippen molar-refractivity contribution in [2.24, 2.45) is 0 Å². The highest BCUT2D eigenvalue weighted by Gasteiger charge is 2.51. The molecule has 0 aliphatic carbocycles. The summed E-state index contributed by atoms with van der Waals surface area (Å²) in [5.74, 6) is -5.35. The zero-order valence-corrected chi connectivity index (χ0v) is 23.4. The second-order valence-corrected chi connectivity index (χ2v) is 11.3. The van der Waals surface area contributed by atoms with Crippen LogP contribution in [0.2, 0.25) is 0 Å². The van der Waals surface area contributed by atoms with Crippen LogP contribution in [0.25, 0.3) is 5.70 Å². The number of fused-ring (bicyclic) bond motifs is 1. The van der Waals surface area contributed by atoms with Crippen LogP contribution in [0.15, 0.2) is 36.0 Å². The highest BCUT2D eigenvalue weighted by molar-refractivity contribution is 5.80. The van der Waals surface area contributed by atoms with Gasteiger partial charge in [-0.2, -0.15) is 13.2 Å². The van der Waals surface area contributed by atoms with Gasteiger partial charge in [0.1, 0.15) is 17.2 Å². The van der Waals surface area contributed by atoms with Gasteiger partial charge in [0.15, 0.2) is 17.8 Å². The Balaban J connectivity index is 1.60. The predicted molar refractivity (Wildman–Crippen MR) is 142 cm³/mol. The lowest BCUT2D eigenvalue weighted by atomic mass is 10.0. The smallest absolute Gasteiger partial charge is 0.427 e. The van der Waals surface area contributed by atoms with Gasteiger partial charge in [-0.05, 0) is 57.0 Å². The van der Waals surface area contributed by atoms with E-state index < -0.39 is 72.1 Å². The third kappa shape index (κ3) is 7.43. The van der Waals surface area contributed by atoms with E-state index in [9.17, 15) is 40.3 Å². The molecule has 2 aliphatic rings. The van der Waals surface area contributed by atoms with Gasteiger partial charge in [0, 0.05) is 42.9 Å². The molecule has 0 bridgehead atoms. The molecule has 0 spiro atoms. The molecule has 1 saturated heterocycles.